The van der Waals surface area contributed by atoms with E-state index in [-0.39, 0.29) is 29.3 Å². The van der Waals surface area contributed by atoms with Gasteiger partial charge in [0.05, 0.1) is 23.1 Å². The third kappa shape index (κ3) is 5.14. The van der Waals surface area contributed by atoms with Gasteiger partial charge in [0.1, 0.15) is 11.6 Å². The number of Topliss-reactive ketones (excluding diaryl/α,β-unsaturated/α-hetero) is 1. The number of aryl methyl sites for hydroxylation is 1. The topological polar surface area (TPSA) is 95.7 Å². The van der Waals surface area contributed by atoms with Gasteiger partial charge in [0.15, 0.2) is 11.5 Å². The number of nitrogens with one attached hydrogen (secondary N) is 1. The average Bonchev–Trinajstić information content (AvgIpc) is 3.33. The quantitative estimate of drug-likeness (QED) is 0.390. The number of nitrogens with zero attached hydrogens (tertiary/aromatic N) is 6. The number of pyridine rings is 1. The largest absolute Gasteiger partial charge is 0.365 e. The second-order valence-electron chi connectivity index (χ2n) is 9.06. The number of alkyl halides is 2. The Morgan fingerprint density at radius 1 is 1.11 bits per heavy atom. The molecule has 2 aromatic heterocycles. The highest BCUT2D eigenvalue weighted by molar-refractivity contribution is 6.43. The minimum absolute atomic E-state index is 0.0272. The molecular formula is C25H23F4N7O2. The van der Waals surface area contributed by atoms with E-state index in [4.69, 9.17) is 0 Å². The summed E-state index contributed by atoms with van der Waals surface area (Å²) in [5.74, 6) is -2.60. The van der Waals surface area contributed by atoms with Crippen LogP contribution in [0.2, 0.25) is 0 Å². The molecule has 1 amide bonds. The molecule has 2 aliphatic heterocycles. The lowest BCUT2D eigenvalue weighted by molar-refractivity contribution is -0.113. The first kappa shape index (κ1) is 25.5. The molecule has 1 aromatic carbocycles. The summed E-state index contributed by atoms with van der Waals surface area (Å²) < 4.78 is 57.3. The van der Waals surface area contributed by atoms with E-state index in [9.17, 15) is 22.8 Å². The molecule has 0 saturated carbocycles. The number of fused-ring (bicyclic) bond motifs is 1. The molecule has 4 heterocycles. The fourth-order valence-electron chi connectivity index (χ4n) is 4.52. The summed E-state index contributed by atoms with van der Waals surface area (Å²) in [6.07, 6.45) is -0.522. The maximum atomic E-state index is 15.1. The van der Waals surface area contributed by atoms with Crippen LogP contribution in [-0.2, 0) is 24.8 Å². The third-order valence-corrected chi connectivity index (χ3v) is 6.51. The average molecular weight is 529 g/mol. The number of aliphatic imine (C=N–C) groups is 1. The van der Waals surface area contributed by atoms with Gasteiger partial charge in [-0.2, -0.15) is 9.49 Å². The predicted molar refractivity (Wildman–Crippen MR) is 131 cm³/mol. The zero-order chi connectivity index (χ0) is 27.0. The van der Waals surface area contributed by atoms with Crippen LogP contribution in [-0.4, -0.2) is 69.7 Å². The molecule has 1 saturated heterocycles. The van der Waals surface area contributed by atoms with Crippen molar-refractivity contribution >= 4 is 34.6 Å². The maximum absolute atomic E-state index is 15.1. The van der Waals surface area contributed by atoms with Crippen molar-refractivity contribution in [2.75, 3.05) is 36.4 Å². The molecule has 1 N–H and O–H groups in total. The normalized spacial score (nSPS) is 16.0. The first-order valence-corrected chi connectivity index (χ1v) is 11.8. The maximum Gasteiger partial charge on any atom is 0.283 e. The molecule has 1 fully saturated rings. The van der Waals surface area contributed by atoms with E-state index in [0.717, 1.165) is 0 Å². The van der Waals surface area contributed by atoms with E-state index >= 15 is 4.39 Å². The number of benzene rings is 1. The smallest absolute Gasteiger partial charge is 0.283 e. The summed E-state index contributed by atoms with van der Waals surface area (Å²) in [6, 6.07) is 6.01. The minimum Gasteiger partial charge on any atom is -0.365 e. The van der Waals surface area contributed by atoms with Crippen LogP contribution in [0.15, 0.2) is 41.7 Å². The Labute approximate surface area is 214 Å². The second kappa shape index (κ2) is 10.3. The molecule has 38 heavy (non-hydrogen) atoms. The molecule has 0 spiro atoms. The molecule has 9 nitrogen and oxygen atoms in total. The van der Waals surface area contributed by atoms with Crippen LogP contribution in [0, 0.1) is 11.8 Å². The van der Waals surface area contributed by atoms with E-state index < -0.39 is 42.0 Å². The Bertz CT molecular complexity index is 1430. The van der Waals surface area contributed by atoms with Gasteiger partial charge >= 0.3 is 0 Å². The van der Waals surface area contributed by atoms with Crippen LogP contribution in [0.3, 0.4) is 0 Å². The fourth-order valence-corrected chi connectivity index (χ4v) is 4.52. The van der Waals surface area contributed by atoms with Crippen LogP contribution >= 0.6 is 0 Å². The van der Waals surface area contributed by atoms with E-state index in [1.807, 2.05) is 9.80 Å². The lowest BCUT2D eigenvalue weighted by Gasteiger charge is -2.36. The van der Waals surface area contributed by atoms with Crippen LogP contribution < -0.4 is 10.2 Å². The molecule has 5 rings (SSSR count). The van der Waals surface area contributed by atoms with Crippen LogP contribution in [0.1, 0.15) is 21.5 Å². The number of anilines is 2. The molecule has 13 heteroatoms. The Morgan fingerprint density at radius 2 is 1.87 bits per heavy atom. The van der Waals surface area contributed by atoms with Gasteiger partial charge in [0.25, 0.3) is 12.3 Å². The summed E-state index contributed by atoms with van der Waals surface area (Å²) >= 11 is 0. The first-order valence-electron chi connectivity index (χ1n) is 11.8. The third-order valence-electron chi connectivity index (χ3n) is 6.51. The number of hydrogen-bond acceptors (Lipinski definition) is 7. The molecule has 3 aromatic rings. The lowest BCUT2D eigenvalue weighted by Crippen LogP contribution is -2.46. The van der Waals surface area contributed by atoms with Crippen LogP contribution in [0.4, 0.5) is 34.8 Å². The zero-order valence-corrected chi connectivity index (χ0v) is 20.3. The van der Waals surface area contributed by atoms with E-state index in [1.165, 1.54) is 35.3 Å². The van der Waals surface area contributed by atoms with Crippen LogP contribution in [0.25, 0.3) is 0 Å². The number of carbonyl (C=O) groups excluding carboxylic acids is 2. The SMILES string of the molecule is Cn1cc(C(=O)Nc2ccc(N3CCN(Cc4ccc5c(c4F)CC(=O)C(C(F)F)=N5)CC3)c(F)n2)cn1. The predicted octanol–water partition coefficient (Wildman–Crippen LogP) is 3.13. The number of halogens is 4. The van der Waals surface area contributed by atoms with Crippen molar-refractivity contribution in [2.24, 2.45) is 12.0 Å². The Balaban J connectivity index is 1.20. The number of amides is 1. The van der Waals surface area contributed by atoms with Crippen molar-refractivity contribution in [1.29, 1.82) is 0 Å². The van der Waals surface area contributed by atoms with E-state index in [0.29, 0.717) is 37.3 Å². The number of aromatic nitrogens is 3. The lowest BCUT2D eigenvalue weighted by atomic mass is 9.97. The second-order valence-corrected chi connectivity index (χ2v) is 9.06. The van der Waals surface area contributed by atoms with Gasteiger partial charge in [-0.15, -0.1) is 0 Å². The summed E-state index contributed by atoms with van der Waals surface area (Å²) in [5.41, 5.74) is 0.180. The van der Waals surface area contributed by atoms with Gasteiger partial charge < -0.3 is 10.2 Å². The molecule has 0 bridgehead atoms. The van der Waals surface area contributed by atoms with Crippen molar-refractivity contribution in [3.05, 3.63) is 65.1 Å². The van der Waals surface area contributed by atoms with E-state index in [2.05, 4.69) is 20.4 Å². The van der Waals surface area contributed by atoms with Gasteiger partial charge in [0.2, 0.25) is 5.95 Å². The molecule has 0 atom stereocenters. The van der Waals surface area contributed by atoms with Gasteiger partial charge in [-0.05, 0) is 18.2 Å². The number of rotatable bonds is 6. The van der Waals surface area contributed by atoms with Gasteiger partial charge in [-0.1, -0.05) is 6.07 Å². The Hall–Kier alpha value is -4.13. The molecule has 2 aliphatic rings. The van der Waals surface area contributed by atoms with Crippen molar-refractivity contribution in [3.63, 3.8) is 0 Å². The monoisotopic (exact) mass is 529 g/mol. The zero-order valence-electron chi connectivity index (χ0n) is 20.3. The first-order chi connectivity index (χ1) is 18.2. The molecule has 0 radical (unpaired) electrons. The Morgan fingerprint density at radius 3 is 2.53 bits per heavy atom. The van der Waals surface area contributed by atoms with Gasteiger partial charge in [-0.3, -0.25) is 19.2 Å². The van der Waals surface area contributed by atoms with Crippen molar-refractivity contribution in [2.45, 2.75) is 19.4 Å². The highest BCUT2D eigenvalue weighted by Gasteiger charge is 2.30. The number of carbonyl (C=O) groups is 2. The number of ketones is 1. The summed E-state index contributed by atoms with van der Waals surface area (Å²) in [7, 11) is 1.68. The van der Waals surface area contributed by atoms with E-state index in [1.54, 1.807) is 13.1 Å². The van der Waals surface area contributed by atoms with Crippen LogP contribution in [0.5, 0.6) is 0 Å². The Kier molecular flexibility index (Phi) is 6.93. The molecule has 198 valence electrons. The molecule has 0 unspecified atom stereocenters. The molecule has 0 aliphatic carbocycles. The van der Waals surface area contributed by atoms with Crippen molar-refractivity contribution in [1.82, 2.24) is 19.7 Å². The summed E-state index contributed by atoms with van der Waals surface area (Å²) in [5, 5.41) is 6.47. The highest BCUT2D eigenvalue weighted by atomic mass is 19.3. The minimum atomic E-state index is -3.00. The number of hydrogen-bond donors (Lipinski definition) is 1. The van der Waals surface area contributed by atoms with Crippen molar-refractivity contribution < 1.29 is 27.2 Å². The fraction of sp³-hybridized carbons (Fsp3) is 0.320. The summed E-state index contributed by atoms with van der Waals surface area (Å²) in [4.78, 5) is 35.5. The molecular weight excluding hydrogens is 506 g/mol. The standard InChI is InChI=1S/C25H23F4N7O2/c1-34-12-15(11-30-34)25(38)33-20-5-4-18(24(29)32-20)36-8-6-35(7-9-36)13-14-2-3-17-16(21(14)26)10-19(37)22(31-17)23(27)28/h2-5,11-12,23H,6-10,13H2,1H3,(H,32,33,38). The summed E-state index contributed by atoms with van der Waals surface area (Å²) in [6.45, 7) is 2.15. The highest BCUT2D eigenvalue weighted by Crippen LogP contribution is 2.31. The number of piperazine rings is 1. The van der Waals surface area contributed by atoms with Crippen molar-refractivity contribution in [3.8, 4) is 0 Å². The van der Waals surface area contributed by atoms with Gasteiger partial charge in [0, 0.05) is 63.5 Å². The van der Waals surface area contributed by atoms with Gasteiger partial charge in [-0.25, -0.2) is 23.1 Å².